The molecule has 0 aromatic heterocycles. The maximum Gasteiger partial charge on any atom is 0.316 e. The smallest absolute Gasteiger partial charge is 0.316 e. The van der Waals surface area contributed by atoms with Crippen LogP contribution >= 0.6 is 11.8 Å². The molecule has 7 nitrogen and oxygen atoms in total. The number of nitrogens with zero attached hydrogens (tertiary/aromatic N) is 1. The maximum absolute atomic E-state index is 12.9. The normalized spacial score (nSPS) is 16.0. The molecule has 1 aliphatic rings. The molecule has 0 bridgehead atoms. The molecule has 2 aromatic rings. The quantitative estimate of drug-likeness (QED) is 0.733. The first-order valence-corrected chi connectivity index (χ1v) is 9.57. The number of anilines is 1. The van der Waals surface area contributed by atoms with Gasteiger partial charge in [-0.2, -0.15) is 0 Å². The van der Waals surface area contributed by atoms with E-state index in [1.54, 1.807) is 29.2 Å². The van der Waals surface area contributed by atoms with Crippen LogP contribution in [0.1, 0.15) is 15.9 Å². The van der Waals surface area contributed by atoms with Crippen molar-refractivity contribution in [1.82, 2.24) is 10.2 Å². The molecule has 1 heterocycles. The molecule has 8 heteroatoms. The summed E-state index contributed by atoms with van der Waals surface area (Å²) >= 11 is 1.53. The number of urea groups is 1. The van der Waals surface area contributed by atoms with Gasteiger partial charge in [0.2, 0.25) is 5.91 Å². The van der Waals surface area contributed by atoms with Crippen molar-refractivity contribution in [2.24, 2.45) is 5.73 Å². The van der Waals surface area contributed by atoms with Crippen LogP contribution in [-0.2, 0) is 11.3 Å². The molecule has 1 atom stereocenters. The van der Waals surface area contributed by atoms with Gasteiger partial charge in [-0.05, 0) is 23.8 Å². The van der Waals surface area contributed by atoms with Crippen LogP contribution in [0.15, 0.2) is 54.6 Å². The topological polar surface area (TPSA) is 105 Å². The number of rotatable bonds is 5. The zero-order valence-corrected chi connectivity index (χ0v) is 15.4. The highest BCUT2D eigenvalue weighted by Crippen LogP contribution is 2.24. The minimum atomic E-state index is -0.700. The van der Waals surface area contributed by atoms with Crippen LogP contribution in [0.4, 0.5) is 10.5 Å². The predicted molar refractivity (Wildman–Crippen MR) is 105 cm³/mol. The van der Waals surface area contributed by atoms with Gasteiger partial charge in [0.1, 0.15) is 6.04 Å². The van der Waals surface area contributed by atoms with Gasteiger partial charge in [0.05, 0.1) is 5.88 Å². The zero-order valence-electron chi connectivity index (χ0n) is 14.6. The van der Waals surface area contributed by atoms with Crippen molar-refractivity contribution in [3.05, 3.63) is 65.7 Å². The number of hydrogen-bond donors (Lipinski definition) is 3. The molecular formula is C19H20N4O3S. The summed E-state index contributed by atoms with van der Waals surface area (Å²) in [7, 11) is 0. The van der Waals surface area contributed by atoms with Gasteiger partial charge in [0.15, 0.2) is 0 Å². The number of thioether (sulfide) groups is 1. The van der Waals surface area contributed by atoms with Crippen LogP contribution in [0, 0.1) is 0 Å². The summed E-state index contributed by atoms with van der Waals surface area (Å²) in [5.74, 6) is 0.554. The van der Waals surface area contributed by atoms with E-state index in [1.807, 2.05) is 30.3 Å². The lowest BCUT2D eigenvalue weighted by Crippen LogP contribution is -2.47. The van der Waals surface area contributed by atoms with E-state index in [0.29, 0.717) is 29.4 Å². The summed E-state index contributed by atoms with van der Waals surface area (Å²) in [6.07, 6.45) is 0. The van der Waals surface area contributed by atoms with E-state index in [9.17, 15) is 14.4 Å². The third kappa shape index (κ3) is 4.79. The lowest BCUT2D eigenvalue weighted by atomic mass is 10.1. The van der Waals surface area contributed by atoms with Crippen molar-refractivity contribution in [3.8, 4) is 0 Å². The van der Waals surface area contributed by atoms with Gasteiger partial charge >= 0.3 is 6.03 Å². The summed E-state index contributed by atoms with van der Waals surface area (Å²) in [6, 6.07) is 14.9. The Morgan fingerprint density at radius 1 is 1.11 bits per heavy atom. The Hall–Kier alpha value is -3.00. The molecule has 4 amide bonds. The van der Waals surface area contributed by atoms with Crippen molar-refractivity contribution in [1.29, 1.82) is 0 Å². The van der Waals surface area contributed by atoms with E-state index >= 15 is 0 Å². The molecule has 3 rings (SSSR count). The molecule has 1 fully saturated rings. The van der Waals surface area contributed by atoms with E-state index < -0.39 is 12.1 Å². The minimum Gasteiger partial charge on any atom is -0.351 e. The molecule has 1 aliphatic heterocycles. The Kier molecular flexibility index (Phi) is 5.97. The highest BCUT2D eigenvalue weighted by Gasteiger charge is 2.35. The van der Waals surface area contributed by atoms with Gasteiger partial charge in [-0.15, -0.1) is 11.8 Å². The lowest BCUT2D eigenvalue weighted by molar-refractivity contribution is -0.124. The number of amides is 4. The van der Waals surface area contributed by atoms with E-state index in [-0.39, 0.29) is 11.8 Å². The fraction of sp³-hybridized carbons (Fsp3) is 0.211. The molecule has 0 aliphatic carbocycles. The summed E-state index contributed by atoms with van der Waals surface area (Å²) < 4.78 is 0. The number of benzene rings is 2. The zero-order chi connectivity index (χ0) is 19.2. The molecule has 0 spiro atoms. The number of primary amides is 1. The Morgan fingerprint density at radius 3 is 2.63 bits per heavy atom. The van der Waals surface area contributed by atoms with Crippen LogP contribution in [0.5, 0.6) is 0 Å². The van der Waals surface area contributed by atoms with Gasteiger partial charge < -0.3 is 21.3 Å². The van der Waals surface area contributed by atoms with Crippen LogP contribution in [0.2, 0.25) is 0 Å². The van der Waals surface area contributed by atoms with Crippen molar-refractivity contribution < 1.29 is 14.4 Å². The minimum absolute atomic E-state index is 0.177. The molecule has 0 radical (unpaired) electrons. The SMILES string of the molecule is NC(=O)Nc1cccc(C(=O)N2CSC[C@@H]2C(=O)NCc2ccccc2)c1. The second-order valence-corrected chi connectivity index (χ2v) is 7.06. The maximum atomic E-state index is 12.9. The molecule has 140 valence electrons. The monoisotopic (exact) mass is 384 g/mol. The van der Waals surface area contributed by atoms with E-state index in [1.165, 1.54) is 11.8 Å². The first kappa shape index (κ1) is 18.8. The highest BCUT2D eigenvalue weighted by atomic mass is 32.2. The van der Waals surface area contributed by atoms with Crippen LogP contribution < -0.4 is 16.4 Å². The average Bonchev–Trinajstić information content (AvgIpc) is 3.16. The first-order chi connectivity index (χ1) is 13.0. The third-order valence-electron chi connectivity index (χ3n) is 4.13. The number of carbonyl (C=O) groups is 3. The second kappa shape index (κ2) is 8.59. The Morgan fingerprint density at radius 2 is 1.89 bits per heavy atom. The number of nitrogens with two attached hydrogens (primary N) is 1. The summed E-state index contributed by atoms with van der Waals surface area (Å²) in [5.41, 5.74) is 6.94. The van der Waals surface area contributed by atoms with Crippen molar-refractivity contribution in [2.45, 2.75) is 12.6 Å². The number of carbonyl (C=O) groups excluding carboxylic acids is 3. The van der Waals surface area contributed by atoms with Crippen LogP contribution in [0.3, 0.4) is 0 Å². The van der Waals surface area contributed by atoms with Gasteiger partial charge in [0, 0.05) is 23.5 Å². The first-order valence-electron chi connectivity index (χ1n) is 8.41. The summed E-state index contributed by atoms with van der Waals surface area (Å²) in [4.78, 5) is 38.0. The Labute approximate surface area is 161 Å². The van der Waals surface area contributed by atoms with Gasteiger partial charge in [-0.25, -0.2) is 4.79 Å². The largest absolute Gasteiger partial charge is 0.351 e. The Bertz CT molecular complexity index is 844. The van der Waals surface area contributed by atoms with E-state index in [4.69, 9.17) is 5.73 Å². The molecule has 0 unspecified atom stereocenters. The van der Waals surface area contributed by atoms with Crippen LogP contribution in [0.25, 0.3) is 0 Å². The lowest BCUT2D eigenvalue weighted by Gasteiger charge is -2.23. The average molecular weight is 384 g/mol. The number of nitrogens with one attached hydrogen (secondary N) is 2. The Balaban J connectivity index is 1.67. The molecule has 27 heavy (non-hydrogen) atoms. The van der Waals surface area contributed by atoms with E-state index in [2.05, 4.69) is 10.6 Å². The predicted octanol–water partition coefficient (Wildman–Crippen LogP) is 2.01. The molecule has 0 saturated carbocycles. The third-order valence-corrected chi connectivity index (χ3v) is 5.14. The van der Waals surface area contributed by atoms with Gasteiger partial charge in [-0.3, -0.25) is 9.59 Å². The standard InChI is InChI=1S/C19H20N4O3S/c20-19(26)22-15-8-4-7-14(9-15)18(25)23-12-27-11-16(23)17(24)21-10-13-5-2-1-3-6-13/h1-9,16H,10-12H2,(H,21,24)(H3,20,22,26)/t16-/m1/s1. The highest BCUT2D eigenvalue weighted by molar-refractivity contribution is 7.99. The van der Waals surface area contributed by atoms with Crippen molar-refractivity contribution in [3.63, 3.8) is 0 Å². The van der Waals surface area contributed by atoms with Gasteiger partial charge in [-0.1, -0.05) is 36.4 Å². The van der Waals surface area contributed by atoms with Crippen molar-refractivity contribution >= 4 is 35.3 Å². The fourth-order valence-corrected chi connectivity index (χ4v) is 3.95. The van der Waals surface area contributed by atoms with Gasteiger partial charge in [0.25, 0.3) is 5.91 Å². The number of hydrogen-bond acceptors (Lipinski definition) is 4. The fourth-order valence-electron chi connectivity index (χ4n) is 2.80. The molecular weight excluding hydrogens is 364 g/mol. The summed E-state index contributed by atoms with van der Waals surface area (Å²) in [5, 5.41) is 5.34. The molecule has 2 aromatic carbocycles. The van der Waals surface area contributed by atoms with Crippen molar-refractivity contribution in [2.75, 3.05) is 16.9 Å². The molecule has 4 N–H and O–H groups in total. The van der Waals surface area contributed by atoms with E-state index in [0.717, 1.165) is 5.56 Å². The molecule has 1 saturated heterocycles. The van der Waals surface area contributed by atoms with Crippen LogP contribution in [-0.4, -0.2) is 40.4 Å². The summed E-state index contributed by atoms with van der Waals surface area (Å²) in [6.45, 7) is 0.418. The second-order valence-electron chi connectivity index (χ2n) is 6.06.